The van der Waals surface area contributed by atoms with Crippen LogP contribution in [0, 0.1) is 11.8 Å². The zero-order valence-corrected chi connectivity index (χ0v) is 12.1. The molecule has 3 rings (SSSR count). The summed E-state index contributed by atoms with van der Waals surface area (Å²) >= 11 is 0. The number of rotatable bonds is 7. The van der Waals surface area contributed by atoms with E-state index in [1.54, 1.807) is 0 Å². The predicted molar refractivity (Wildman–Crippen MR) is 80.1 cm³/mol. The van der Waals surface area contributed by atoms with Gasteiger partial charge in [0, 0.05) is 19.6 Å². The summed E-state index contributed by atoms with van der Waals surface area (Å²) < 4.78 is 0. The lowest BCUT2D eigenvalue weighted by molar-refractivity contribution is -0.131. The van der Waals surface area contributed by atoms with Gasteiger partial charge in [-0.05, 0) is 48.6 Å². The molecule has 0 heterocycles. The number of carbonyl (C=O) groups is 1. The van der Waals surface area contributed by atoms with E-state index in [4.69, 9.17) is 5.73 Å². The Bertz CT molecular complexity index is 446. The van der Waals surface area contributed by atoms with E-state index >= 15 is 0 Å². The van der Waals surface area contributed by atoms with Gasteiger partial charge in [-0.1, -0.05) is 24.3 Å². The molecule has 0 bridgehead atoms. The minimum Gasteiger partial charge on any atom is -0.342 e. The van der Waals surface area contributed by atoms with Crippen LogP contribution in [0.25, 0.3) is 0 Å². The summed E-state index contributed by atoms with van der Waals surface area (Å²) in [5.74, 6) is 1.85. The van der Waals surface area contributed by atoms with Crippen molar-refractivity contribution >= 4 is 5.91 Å². The third-order valence-electron chi connectivity index (χ3n) is 4.32. The number of amides is 1. The molecule has 108 valence electrons. The van der Waals surface area contributed by atoms with Crippen molar-refractivity contribution in [3.8, 4) is 0 Å². The molecule has 0 saturated heterocycles. The van der Waals surface area contributed by atoms with Crippen molar-refractivity contribution in [2.45, 2.75) is 38.6 Å². The Kier molecular flexibility index (Phi) is 4.06. The minimum absolute atomic E-state index is 0.296. The maximum atomic E-state index is 12.5. The van der Waals surface area contributed by atoms with Gasteiger partial charge >= 0.3 is 0 Å². The quantitative estimate of drug-likeness (QED) is 0.828. The van der Waals surface area contributed by atoms with E-state index in [2.05, 4.69) is 4.90 Å². The number of hydrogen-bond donors (Lipinski definition) is 1. The van der Waals surface area contributed by atoms with Crippen molar-refractivity contribution in [3.63, 3.8) is 0 Å². The zero-order chi connectivity index (χ0) is 13.9. The fourth-order valence-corrected chi connectivity index (χ4v) is 2.58. The van der Waals surface area contributed by atoms with E-state index in [1.165, 1.54) is 25.7 Å². The van der Waals surface area contributed by atoms with E-state index < -0.39 is 0 Å². The Morgan fingerprint density at radius 1 is 1.00 bits per heavy atom. The van der Waals surface area contributed by atoms with E-state index in [0.717, 1.165) is 36.1 Å². The molecule has 2 fully saturated rings. The average molecular weight is 272 g/mol. The fourth-order valence-electron chi connectivity index (χ4n) is 2.58. The maximum absolute atomic E-state index is 12.5. The molecule has 1 aromatic rings. The molecule has 20 heavy (non-hydrogen) atoms. The molecule has 0 aliphatic heterocycles. The van der Waals surface area contributed by atoms with Gasteiger partial charge in [-0.2, -0.15) is 0 Å². The van der Waals surface area contributed by atoms with Crippen LogP contribution in [0.3, 0.4) is 0 Å². The Hall–Kier alpha value is -1.35. The maximum Gasteiger partial charge on any atom is 0.227 e. The number of nitrogens with zero attached hydrogens (tertiary/aromatic N) is 1. The lowest BCUT2D eigenvalue weighted by atomic mass is 10.1. The highest BCUT2D eigenvalue weighted by Crippen LogP contribution is 2.33. The van der Waals surface area contributed by atoms with Crippen molar-refractivity contribution in [2.75, 3.05) is 13.1 Å². The molecule has 2 N–H and O–H groups in total. The van der Waals surface area contributed by atoms with Crippen LogP contribution in [0.5, 0.6) is 0 Å². The van der Waals surface area contributed by atoms with Gasteiger partial charge in [-0.25, -0.2) is 0 Å². The van der Waals surface area contributed by atoms with E-state index in [1.807, 2.05) is 24.3 Å². The molecule has 1 aromatic carbocycles. The number of benzene rings is 1. The van der Waals surface area contributed by atoms with Crippen LogP contribution in [0.2, 0.25) is 0 Å². The summed E-state index contributed by atoms with van der Waals surface area (Å²) in [6, 6.07) is 8.11. The van der Waals surface area contributed by atoms with Gasteiger partial charge in [0.15, 0.2) is 0 Å². The summed E-state index contributed by atoms with van der Waals surface area (Å²) in [4.78, 5) is 14.6. The lowest BCUT2D eigenvalue weighted by Crippen LogP contribution is -2.35. The molecule has 3 nitrogen and oxygen atoms in total. The SMILES string of the molecule is NCc1ccc(CC(=O)N(CC2CC2)CC2CC2)cc1. The van der Waals surface area contributed by atoms with Gasteiger partial charge in [0.25, 0.3) is 0 Å². The summed E-state index contributed by atoms with van der Waals surface area (Å²) in [5.41, 5.74) is 7.82. The van der Waals surface area contributed by atoms with Crippen LogP contribution >= 0.6 is 0 Å². The Labute approximate surface area is 121 Å². The van der Waals surface area contributed by atoms with Crippen molar-refractivity contribution < 1.29 is 4.79 Å². The molecule has 0 radical (unpaired) electrons. The van der Waals surface area contributed by atoms with E-state index in [-0.39, 0.29) is 0 Å². The van der Waals surface area contributed by atoms with Gasteiger partial charge in [-0.15, -0.1) is 0 Å². The van der Waals surface area contributed by atoms with Gasteiger partial charge < -0.3 is 10.6 Å². The molecule has 1 amide bonds. The normalized spacial score (nSPS) is 18.1. The standard InChI is InChI=1S/C17H24N2O/c18-10-14-3-1-13(2-4-14)9-17(20)19(11-15-5-6-15)12-16-7-8-16/h1-4,15-16H,5-12,18H2. The number of nitrogens with two attached hydrogens (primary N) is 1. The first-order valence-corrected chi connectivity index (χ1v) is 7.80. The zero-order valence-electron chi connectivity index (χ0n) is 12.1. The first-order chi connectivity index (χ1) is 9.74. The first-order valence-electron chi connectivity index (χ1n) is 7.80. The molecule has 0 atom stereocenters. The Morgan fingerprint density at radius 3 is 1.95 bits per heavy atom. The Balaban J connectivity index is 1.58. The van der Waals surface area contributed by atoms with Crippen LogP contribution in [-0.4, -0.2) is 23.9 Å². The minimum atomic E-state index is 0.296. The van der Waals surface area contributed by atoms with Gasteiger partial charge in [0.2, 0.25) is 5.91 Å². The van der Waals surface area contributed by atoms with E-state index in [0.29, 0.717) is 18.9 Å². The largest absolute Gasteiger partial charge is 0.342 e. The summed E-state index contributed by atoms with van der Waals surface area (Å²) in [5, 5.41) is 0. The molecular formula is C17H24N2O. The second kappa shape index (κ2) is 5.96. The Morgan fingerprint density at radius 2 is 1.50 bits per heavy atom. The average Bonchev–Trinajstić information content (AvgIpc) is 3.34. The molecular weight excluding hydrogens is 248 g/mol. The van der Waals surface area contributed by atoms with Gasteiger partial charge in [-0.3, -0.25) is 4.79 Å². The highest BCUT2D eigenvalue weighted by atomic mass is 16.2. The number of hydrogen-bond acceptors (Lipinski definition) is 2. The van der Waals surface area contributed by atoms with Crippen LogP contribution in [0.4, 0.5) is 0 Å². The summed E-state index contributed by atoms with van der Waals surface area (Å²) in [6.07, 6.45) is 5.75. The molecule has 3 heteroatoms. The van der Waals surface area contributed by atoms with Gasteiger partial charge in [0.1, 0.15) is 0 Å². The van der Waals surface area contributed by atoms with Crippen LogP contribution in [0.1, 0.15) is 36.8 Å². The van der Waals surface area contributed by atoms with Crippen LogP contribution in [-0.2, 0) is 17.8 Å². The second-order valence-electron chi connectivity index (χ2n) is 6.38. The molecule has 2 aliphatic rings. The smallest absolute Gasteiger partial charge is 0.227 e. The highest BCUT2D eigenvalue weighted by molar-refractivity contribution is 5.78. The monoisotopic (exact) mass is 272 g/mol. The lowest BCUT2D eigenvalue weighted by Gasteiger charge is -2.22. The number of carbonyl (C=O) groups excluding carboxylic acids is 1. The summed E-state index contributed by atoms with van der Waals surface area (Å²) in [6.45, 7) is 2.52. The third-order valence-corrected chi connectivity index (χ3v) is 4.32. The molecule has 0 aromatic heterocycles. The van der Waals surface area contributed by atoms with Crippen molar-refractivity contribution in [1.29, 1.82) is 0 Å². The van der Waals surface area contributed by atoms with E-state index in [9.17, 15) is 4.79 Å². The van der Waals surface area contributed by atoms with Crippen molar-refractivity contribution in [1.82, 2.24) is 4.90 Å². The highest BCUT2D eigenvalue weighted by Gasteiger charge is 2.31. The molecule has 2 saturated carbocycles. The third kappa shape index (κ3) is 3.83. The predicted octanol–water partition coefficient (Wildman–Crippen LogP) is 2.34. The fraction of sp³-hybridized carbons (Fsp3) is 0.588. The molecule has 0 spiro atoms. The van der Waals surface area contributed by atoms with Gasteiger partial charge in [0.05, 0.1) is 6.42 Å². The van der Waals surface area contributed by atoms with Crippen molar-refractivity contribution in [3.05, 3.63) is 35.4 Å². The van der Waals surface area contributed by atoms with Crippen LogP contribution < -0.4 is 5.73 Å². The molecule has 0 unspecified atom stereocenters. The topological polar surface area (TPSA) is 46.3 Å². The first kappa shape index (κ1) is 13.6. The molecule has 2 aliphatic carbocycles. The summed E-state index contributed by atoms with van der Waals surface area (Å²) in [7, 11) is 0. The van der Waals surface area contributed by atoms with Crippen LogP contribution in [0.15, 0.2) is 24.3 Å². The second-order valence-corrected chi connectivity index (χ2v) is 6.38. The van der Waals surface area contributed by atoms with Crippen molar-refractivity contribution in [2.24, 2.45) is 17.6 Å².